The van der Waals surface area contributed by atoms with Crippen LogP contribution in [0.15, 0.2) is 48.5 Å². The molecule has 0 unspecified atom stereocenters. The molecule has 0 aromatic heterocycles. The highest BCUT2D eigenvalue weighted by Gasteiger charge is 2.13. The molecule has 0 amide bonds. The van der Waals surface area contributed by atoms with Gasteiger partial charge in [0.25, 0.3) is 0 Å². The van der Waals surface area contributed by atoms with Gasteiger partial charge in [-0.05, 0) is 41.8 Å². The van der Waals surface area contributed by atoms with E-state index in [9.17, 15) is 0 Å². The molecule has 0 saturated carbocycles. The summed E-state index contributed by atoms with van der Waals surface area (Å²) in [5.41, 5.74) is 2.89. The van der Waals surface area contributed by atoms with Gasteiger partial charge in [0.1, 0.15) is 12.4 Å². The number of fused-ring (bicyclic) bond motifs is 1. The van der Waals surface area contributed by atoms with Gasteiger partial charge >= 0.3 is 0 Å². The lowest BCUT2D eigenvalue weighted by molar-refractivity contribution is 0.286. The Labute approximate surface area is 136 Å². The van der Waals surface area contributed by atoms with Crippen molar-refractivity contribution in [3.63, 3.8) is 0 Å². The van der Waals surface area contributed by atoms with Gasteiger partial charge in [0.15, 0.2) is 0 Å². The lowest BCUT2D eigenvalue weighted by Crippen LogP contribution is -2.30. The largest absolute Gasteiger partial charge is 0.481 e. The van der Waals surface area contributed by atoms with E-state index in [0.29, 0.717) is 11.6 Å². The van der Waals surface area contributed by atoms with E-state index in [-0.39, 0.29) is 0 Å². The van der Waals surface area contributed by atoms with Gasteiger partial charge in [0, 0.05) is 18.1 Å². The van der Waals surface area contributed by atoms with Crippen LogP contribution in [0.1, 0.15) is 11.1 Å². The van der Waals surface area contributed by atoms with Gasteiger partial charge in [-0.2, -0.15) is 0 Å². The third-order valence-electron chi connectivity index (χ3n) is 3.76. The smallest absolute Gasteiger partial charge is 0.149 e. The summed E-state index contributed by atoms with van der Waals surface area (Å²) in [6.07, 6.45) is 1.11. The second-order valence-corrected chi connectivity index (χ2v) is 5.76. The van der Waals surface area contributed by atoms with Crippen molar-refractivity contribution >= 4 is 11.6 Å². The van der Waals surface area contributed by atoms with E-state index in [4.69, 9.17) is 16.3 Å². The molecule has 0 bridgehead atoms. The summed E-state index contributed by atoms with van der Waals surface area (Å²) < 4.78 is 5.56. The Morgan fingerprint density at radius 3 is 2.59 bits per heavy atom. The average Bonchev–Trinajstić information content (AvgIpc) is 2.56. The van der Waals surface area contributed by atoms with E-state index in [1.807, 2.05) is 24.3 Å². The summed E-state index contributed by atoms with van der Waals surface area (Å²) in [5, 5.41) is 0.712. The first-order valence-electron chi connectivity index (χ1n) is 7.44. The number of nitrogens with zero attached hydrogens (tertiary/aromatic N) is 1. The number of halogens is 1. The molecule has 2 aromatic rings. The Hall–Kier alpha value is -1.95. The highest BCUT2D eigenvalue weighted by molar-refractivity contribution is 6.30. The lowest BCUT2D eigenvalue weighted by Gasteiger charge is -2.26. The standard InChI is InChI=1S/C19H18ClNO/c20-18-7-9-19(10-8-18)22-14-4-3-12-21-13-11-16-5-1-2-6-17(16)15-21/h1-2,5-10H,11-15H2. The maximum Gasteiger partial charge on any atom is 0.149 e. The van der Waals surface area contributed by atoms with Crippen LogP contribution in [0, 0.1) is 11.8 Å². The minimum atomic E-state index is 0.409. The Morgan fingerprint density at radius 1 is 1.00 bits per heavy atom. The third kappa shape index (κ3) is 4.04. The molecular weight excluding hydrogens is 294 g/mol. The number of hydrogen-bond donors (Lipinski definition) is 0. The molecule has 1 aliphatic heterocycles. The molecule has 2 aromatic carbocycles. The van der Waals surface area contributed by atoms with E-state index < -0.39 is 0 Å². The van der Waals surface area contributed by atoms with Gasteiger partial charge in [-0.3, -0.25) is 4.90 Å². The van der Waals surface area contributed by atoms with Crippen LogP contribution in [0.4, 0.5) is 0 Å². The normalized spacial score (nSPS) is 13.9. The summed E-state index contributed by atoms with van der Waals surface area (Å²) in [4.78, 5) is 2.37. The fourth-order valence-electron chi connectivity index (χ4n) is 2.56. The molecule has 1 aliphatic rings. The van der Waals surface area contributed by atoms with Gasteiger partial charge in [-0.15, -0.1) is 0 Å². The monoisotopic (exact) mass is 311 g/mol. The summed E-state index contributed by atoms with van der Waals surface area (Å²) in [6.45, 7) is 3.26. The van der Waals surface area contributed by atoms with Crippen LogP contribution in [0.2, 0.25) is 5.02 Å². The van der Waals surface area contributed by atoms with Crippen molar-refractivity contribution < 1.29 is 4.74 Å². The molecular formula is C19H18ClNO. The number of rotatable bonds is 3. The Balaban J connectivity index is 1.45. The maximum absolute atomic E-state index is 5.83. The zero-order valence-corrected chi connectivity index (χ0v) is 13.1. The van der Waals surface area contributed by atoms with E-state index >= 15 is 0 Å². The van der Waals surface area contributed by atoms with Crippen LogP contribution >= 0.6 is 11.6 Å². The molecule has 3 rings (SSSR count). The van der Waals surface area contributed by atoms with Crippen LogP contribution in [0.5, 0.6) is 5.75 Å². The highest BCUT2D eigenvalue weighted by Crippen LogP contribution is 2.18. The predicted molar refractivity (Wildman–Crippen MR) is 90.1 cm³/mol. The molecule has 1 heterocycles. The fraction of sp³-hybridized carbons (Fsp3) is 0.263. The van der Waals surface area contributed by atoms with Crippen molar-refractivity contribution in [2.24, 2.45) is 0 Å². The number of benzene rings is 2. The molecule has 0 saturated heterocycles. The van der Waals surface area contributed by atoms with E-state index in [0.717, 1.165) is 31.8 Å². The second kappa shape index (κ2) is 7.35. The van der Waals surface area contributed by atoms with Gasteiger partial charge in [0.05, 0.1) is 6.54 Å². The quantitative estimate of drug-likeness (QED) is 0.800. The molecule has 3 heteroatoms. The highest BCUT2D eigenvalue weighted by atomic mass is 35.5. The van der Waals surface area contributed by atoms with Crippen molar-refractivity contribution in [2.75, 3.05) is 19.7 Å². The summed E-state index contributed by atoms with van der Waals surface area (Å²) >= 11 is 5.83. The average molecular weight is 312 g/mol. The molecule has 0 aliphatic carbocycles. The van der Waals surface area contributed by atoms with Crippen LogP contribution < -0.4 is 4.74 Å². The summed E-state index contributed by atoms with van der Waals surface area (Å²) in [5.74, 6) is 7.06. The lowest BCUT2D eigenvalue weighted by atomic mass is 10.0. The first kappa shape index (κ1) is 15.0. The van der Waals surface area contributed by atoms with Gasteiger partial charge in [0.2, 0.25) is 0 Å². The molecule has 112 valence electrons. The number of hydrogen-bond acceptors (Lipinski definition) is 2. The van der Waals surface area contributed by atoms with Crippen molar-refractivity contribution in [1.29, 1.82) is 0 Å². The van der Waals surface area contributed by atoms with Crippen LogP contribution in [-0.2, 0) is 13.0 Å². The van der Waals surface area contributed by atoms with Crippen molar-refractivity contribution in [1.82, 2.24) is 4.90 Å². The Bertz CT molecular complexity index is 685. The van der Waals surface area contributed by atoms with Crippen LogP contribution in [0.25, 0.3) is 0 Å². The first-order chi connectivity index (χ1) is 10.8. The SMILES string of the molecule is Clc1ccc(OCC#CCN2CCc3ccccc3C2)cc1. The molecule has 22 heavy (non-hydrogen) atoms. The summed E-state index contributed by atoms with van der Waals surface area (Å²) in [7, 11) is 0. The van der Waals surface area contributed by atoms with Crippen LogP contribution in [0.3, 0.4) is 0 Å². The van der Waals surface area contributed by atoms with Crippen LogP contribution in [-0.4, -0.2) is 24.6 Å². The molecule has 0 fully saturated rings. The first-order valence-corrected chi connectivity index (χ1v) is 7.82. The fourth-order valence-corrected chi connectivity index (χ4v) is 2.68. The van der Waals surface area contributed by atoms with Crippen molar-refractivity contribution in [3.05, 3.63) is 64.7 Å². The molecule has 0 radical (unpaired) electrons. The zero-order chi connectivity index (χ0) is 15.2. The minimum absolute atomic E-state index is 0.409. The van der Waals surface area contributed by atoms with Gasteiger partial charge < -0.3 is 4.74 Å². The maximum atomic E-state index is 5.83. The minimum Gasteiger partial charge on any atom is -0.481 e. The predicted octanol–water partition coefficient (Wildman–Crippen LogP) is 3.78. The zero-order valence-electron chi connectivity index (χ0n) is 12.4. The van der Waals surface area contributed by atoms with Gasteiger partial charge in [-0.1, -0.05) is 47.7 Å². The third-order valence-corrected chi connectivity index (χ3v) is 4.01. The van der Waals surface area contributed by atoms with E-state index in [1.165, 1.54) is 11.1 Å². The second-order valence-electron chi connectivity index (χ2n) is 5.33. The molecule has 2 nitrogen and oxygen atoms in total. The Kier molecular flexibility index (Phi) is 5.00. The number of ether oxygens (including phenoxy) is 1. The van der Waals surface area contributed by atoms with Gasteiger partial charge in [-0.25, -0.2) is 0 Å². The summed E-state index contributed by atoms with van der Waals surface area (Å²) in [6, 6.07) is 16.0. The molecule has 0 spiro atoms. The molecule has 0 atom stereocenters. The van der Waals surface area contributed by atoms with Crippen molar-refractivity contribution in [2.45, 2.75) is 13.0 Å². The Morgan fingerprint density at radius 2 is 1.77 bits per heavy atom. The topological polar surface area (TPSA) is 12.5 Å². The van der Waals surface area contributed by atoms with Crippen molar-refractivity contribution in [3.8, 4) is 17.6 Å². The molecule has 0 N–H and O–H groups in total. The van der Waals surface area contributed by atoms with E-state index in [1.54, 1.807) is 0 Å². The van der Waals surface area contributed by atoms with E-state index in [2.05, 4.69) is 41.0 Å².